The summed E-state index contributed by atoms with van der Waals surface area (Å²) < 4.78 is 0. The van der Waals surface area contributed by atoms with Gasteiger partial charge in [-0.2, -0.15) is 0 Å². The molecule has 2 unspecified atom stereocenters. The normalized spacial score (nSPS) is 29.8. The predicted molar refractivity (Wildman–Crippen MR) is 95.5 cm³/mol. The third-order valence-electron chi connectivity index (χ3n) is 6.28. The molecule has 2 atom stereocenters. The van der Waals surface area contributed by atoms with Gasteiger partial charge in [-0.1, -0.05) is 35.3 Å². The van der Waals surface area contributed by atoms with E-state index >= 15 is 0 Å². The summed E-state index contributed by atoms with van der Waals surface area (Å²) in [4.78, 5) is 24.1. The highest BCUT2D eigenvalue weighted by atomic mass is 35.5. The van der Waals surface area contributed by atoms with E-state index in [-0.39, 0.29) is 22.8 Å². The molecule has 2 fully saturated rings. The van der Waals surface area contributed by atoms with Crippen molar-refractivity contribution in [3.05, 3.63) is 45.7 Å². The molecular weight excluding hydrogens is 359 g/mol. The summed E-state index contributed by atoms with van der Waals surface area (Å²) in [6, 6.07) is 7.72. The zero-order chi connectivity index (χ0) is 17.0. The Labute approximate surface area is 154 Å². The molecule has 0 saturated heterocycles. The summed E-state index contributed by atoms with van der Waals surface area (Å²) >= 11 is 12.2. The Morgan fingerprint density at radius 1 is 1.08 bits per heavy atom. The van der Waals surface area contributed by atoms with Crippen molar-refractivity contribution in [3.8, 4) is 0 Å². The van der Waals surface area contributed by atoms with Crippen LogP contribution in [0.1, 0.15) is 30.4 Å². The summed E-state index contributed by atoms with van der Waals surface area (Å²) in [7, 11) is 0. The number of anilines is 2. The summed E-state index contributed by atoms with van der Waals surface area (Å²) in [5.41, 5.74) is 1.76. The Morgan fingerprint density at radius 3 is 2.56 bits per heavy atom. The minimum atomic E-state index is -0.343. The van der Waals surface area contributed by atoms with E-state index in [4.69, 9.17) is 23.2 Å². The summed E-state index contributed by atoms with van der Waals surface area (Å²) in [5.74, 6) is 1.78. The standard InChI is InChI=1S/C18H14Cl2N4O/c19-12-3-1-9-14(22-12)21-8-18(9)7-11(18)24-15-10(2-4-13(20)23-15)17(5-6-17)16(24)25/h1-4,11H,5-8H2,(H,21,22). The number of hydrogen-bond acceptors (Lipinski definition) is 4. The number of pyridine rings is 2. The van der Waals surface area contributed by atoms with Crippen molar-refractivity contribution in [1.82, 2.24) is 9.97 Å². The molecule has 0 aromatic carbocycles. The zero-order valence-electron chi connectivity index (χ0n) is 13.2. The van der Waals surface area contributed by atoms with E-state index in [1.807, 2.05) is 23.1 Å². The monoisotopic (exact) mass is 372 g/mol. The van der Waals surface area contributed by atoms with Crippen molar-refractivity contribution in [1.29, 1.82) is 0 Å². The average molecular weight is 373 g/mol. The highest BCUT2D eigenvalue weighted by Crippen LogP contribution is 2.63. The van der Waals surface area contributed by atoms with Crippen molar-refractivity contribution < 1.29 is 4.79 Å². The van der Waals surface area contributed by atoms with Gasteiger partial charge in [0.1, 0.15) is 21.9 Å². The molecule has 6 rings (SSSR count). The third-order valence-corrected chi connectivity index (χ3v) is 6.70. The SMILES string of the molecule is O=C1N(C2CC23CNc2nc(Cl)ccc23)c2nc(Cl)ccc2C12CC2. The highest BCUT2D eigenvalue weighted by molar-refractivity contribution is 6.30. The molecule has 126 valence electrons. The van der Waals surface area contributed by atoms with Crippen LogP contribution in [-0.2, 0) is 15.6 Å². The number of carbonyl (C=O) groups excluding carboxylic acids is 1. The van der Waals surface area contributed by atoms with E-state index in [1.54, 1.807) is 6.07 Å². The van der Waals surface area contributed by atoms with E-state index in [1.165, 1.54) is 0 Å². The van der Waals surface area contributed by atoms with Gasteiger partial charge in [0.15, 0.2) is 0 Å². The van der Waals surface area contributed by atoms with Gasteiger partial charge in [0.2, 0.25) is 5.91 Å². The Bertz CT molecular complexity index is 974. The third kappa shape index (κ3) is 1.64. The van der Waals surface area contributed by atoms with E-state index in [0.717, 1.165) is 48.6 Å². The molecule has 2 aromatic heterocycles. The topological polar surface area (TPSA) is 58.1 Å². The number of fused-ring (bicyclic) bond motifs is 4. The molecule has 2 aliphatic heterocycles. The number of nitrogens with one attached hydrogen (secondary N) is 1. The van der Waals surface area contributed by atoms with E-state index in [0.29, 0.717) is 10.3 Å². The largest absolute Gasteiger partial charge is 0.369 e. The molecule has 1 amide bonds. The van der Waals surface area contributed by atoms with Gasteiger partial charge >= 0.3 is 0 Å². The van der Waals surface area contributed by atoms with Crippen LogP contribution >= 0.6 is 23.2 Å². The molecule has 4 aliphatic rings. The van der Waals surface area contributed by atoms with Gasteiger partial charge in [-0.3, -0.25) is 9.69 Å². The zero-order valence-corrected chi connectivity index (χ0v) is 14.7. The van der Waals surface area contributed by atoms with Crippen LogP contribution in [0, 0.1) is 0 Å². The average Bonchev–Trinajstić information content (AvgIpc) is 3.46. The maximum atomic E-state index is 13.2. The minimum absolute atomic E-state index is 0.0930. The van der Waals surface area contributed by atoms with Crippen LogP contribution in [0.5, 0.6) is 0 Å². The lowest BCUT2D eigenvalue weighted by atomic mass is 9.98. The Hall–Kier alpha value is -1.85. The number of carbonyl (C=O) groups is 1. The quantitative estimate of drug-likeness (QED) is 0.780. The van der Waals surface area contributed by atoms with Gasteiger partial charge in [-0.25, -0.2) is 9.97 Å². The molecule has 0 bridgehead atoms. The molecule has 1 N–H and O–H groups in total. The highest BCUT2D eigenvalue weighted by Gasteiger charge is 2.69. The predicted octanol–water partition coefficient (Wildman–Crippen LogP) is 3.30. The van der Waals surface area contributed by atoms with Crippen molar-refractivity contribution >= 4 is 40.7 Å². The summed E-state index contributed by atoms with van der Waals surface area (Å²) in [5, 5.41) is 4.27. The molecule has 5 nitrogen and oxygen atoms in total. The second kappa shape index (κ2) is 4.27. The molecule has 2 aromatic rings. The fourth-order valence-corrected chi connectivity index (χ4v) is 5.02. The van der Waals surface area contributed by atoms with Crippen molar-refractivity contribution in [2.45, 2.75) is 36.1 Å². The molecule has 7 heteroatoms. The first-order chi connectivity index (χ1) is 12.1. The molecular formula is C18H14Cl2N4O. The van der Waals surface area contributed by atoms with Gasteiger partial charge in [-0.05, 0) is 31.4 Å². The van der Waals surface area contributed by atoms with Crippen molar-refractivity contribution in [3.63, 3.8) is 0 Å². The Morgan fingerprint density at radius 2 is 1.80 bits per heavy atom. The lowest BCUT2D eigenvalue weighted by molar-refractivity contribution is -0.120. The van der Waals surface area contributed by atoms with Crippen LogP contribution in [0.2, 0.25) is 10.3 Å². The van der Waals surface area contributed by atoms with Gasteiger partial charge in [0, 0.05) is 23.1 Å². The molecule has 25 heavy (non-hydrogen) atoms. The van der Waals surface area contributed by atoms with Gasteiger partial charge in [0.25, 0.3) is 0 Å². The number of aromatic nitrogens is 2. The van der Waals surface area contributed by atoms with Gasteiger partial charge < -0.3 is 5.32 Å². The van der Waals surface area contributed by atoms with Crippen LogP contribution in [0.4, 0.5) is 11.6 Å². The lowest BCUT2D eigenvalue weighted by Gasteiger charge is -2.20. The van der Waals surface area contributed by atoms with Crippen LogP contribution in [-0.4, -0.2) is 28.5 Å². The van der Waals surface area contributed by atoms with Crippen LogP contribution in [0.25, 0.3) is 0 Å². The molecule has 2 spiro atoms. The fourth-order valence-electron chi connectivity index (χ4n) is 4.73. The van der Waals surface area contributed by atoms with Crippen LogP contribution in [0.15, 0.2) is 24.3 Å². The summed E-state index contributed by atoms with van der Waals surface area (Å²) in [6.45, 7) is 0.771. The van der Waals surface area contributed by atoms with Crippen molar-refractivity contribution in [2.75, 3.05) is 16.8 Å². The first-order valence-electron chi connectivity index (χ1n) is 8.47. The Balaban J connectivity index is 1.45. The number of halogens is 2. The van der Waals surface area contributed by atoms with Crippen LogP contribution < -0.4 is 10.2 Å². The second-order valence-electron chi connectivity index (χ2n) is 7.52. The first-order valence-corrected chi connectivity index (χ1v) is 9.22. The maximum Gasteiger partial charge on any atom is 0.239 e. The number of rotatable bonds is 1. The van der Waals surface area contributed by atoms with Crippen molar-refractivity contribution in [2.24, 2.45) is 0 Å². The summed E-state index contributed by atoms with van der Waals surface area (Å²) in [6.07, 6.45) is 2.72. The Kier molecular flexibility index (Phi) is 2.45. The van der Waals surface area contributed by atoms with Gasteiger partial charge in [0.05, 0.1) is 11.5 Å². The number of hydrogen-bond donors (Lipinski definition) is 1. The van der Waals surface area contributed by atoms with E-state index < -0.39 is 0 Å². The van der Waals surface area contributed by atoms with E-state index in [2.05, 4.69) is 15.3 Å². The smallest absolute Gasteiger partial charge is 0.239 e. The molecule has 2 saturated carbocycles. The first kappa shape index (κ1) is 14.3. The van der Waals surface area contributed by atoms with Crippen LogP contribution in [0.3, 0.4) is 0 Å². The van der Waals surface area contributed by atoms with E-state index in [9.17, 15) is 4.79 Å². The number of nitrogens with zero attached hydrogens (tertiary/aromatic N) is 3. The second-order valence-corrected chi connectivity index (χ2v) is 8.30. The molecule has 0 radical (unpaired) electrons. The molecule has 4 heterocycles. The maximum absolute atomic E-state index is 13.2. The number of amides is 1. The lowest BCUT2D eigenvalue weighted by Crippen LogP contribution is -2.38. The molecule has 2 aliphatic carbocycles. The fraction of sp³-hybridized carbons (Fsp3) is 0.389. The minimum Gasteiger partial charge on any atom is -0.369 e. The van der Waals surface area contributed by atoms with Gasteiger partial charge in [-0.15, -0.1) is 0 Å².